The molecular formula is C19H28BrN3O2. The van der Waals surface area contributed by atoms with E-state index in [9.17, 15) is 9.59 Å². The molecule has 1 aromatic rings. The van der Waals surface area contributed by atoms with Crippen LogP contribution < -0.4 is 10.6 Å². The monoisotopic (exact) mass is 409 g/mol. The number of carbonyl (C=O) groups excluding carboxylic acids is 2. The molecule has 6 heteroatoms. The number of hydrogen-bond donors (Lipinski definition) is 2. The van der Waals surface area contributed by atoms with E-state index in [2.05, 4.69) is 31.5 Å². The average Bonchev–Trinajstić information content (AvgIpc) is 2.61. The summed E-state index contributed by atoms with van der Waals surface area (Å²) in [6.45, 7) is 4.96. The molecule has 1 aliphatic rings. The largest absolute Gasteiger partial charge is 0.355 e. The van der Waals surface area contributed by atoms with Gasteiger partial charge in [0.25, 0.3) is 0 Å². The Bertz CT molecular complexity index is 572. The van der Waals surface area contributed by atoms with Gasteiger partial charge in [-0.15, -0.1) is 0 Å². The fourth-order valence-electron chi connectivity index (χ4n) is 3.01. The van der Waals surface area contributed by atoms with E-state index in [1.807, 2.05) is 31.2 Å². The Morgan fingerprint density at radius 1 is 1.20 bits per heavy atom. The fourth-order valence-corrected chi connectivity index (χ4v) is 3.49. The number of carbonyl (C=O) groups is 2. The molecule has 0 unspecified atom stereocenters. The zero-order chi connectivity index (χ0) is 18.1. The van der Waals surface area contributed by atoms with Crippen LogP contribution in [-0.2, 0) is 16.0 Å². The smallest absolute Gasteiger partial charge is 0.234 e. The minimum absolute atomic E-state index is 0.0952. The summed E-state index contributed by atoms with van der Waals surface area (Å²) in [5, 5.41) is 6.04. The number of hydrogen-bond acceptors (Lipinski definition) is 3. The van der Waals surface area contributed by atoms with E-state index in [4.69, 9.17) is 0 Å². The van der Waals surface area contributed by atoms with Crippen LogP contribution in [0, 0.1) is 0 Å². The topological polar surface area (TPSA) is 61.4 Å². The second-order valence-corrected chi connectivity index (χ2v) is 7.41. The van der Waals surface area contributed by atoms with Crippen LogP contribution in [0.15, 0.2) is 28.7 Å². The first-order chi connectivity index (χ1) is 12.1. The number of benzene rings is 1. The molecule has 1 aromatic carbocycles. The predicted molar refractivity (Wildman–Crippen MR) is 103 cm³/mol. The molecule has 1 saturated heterocycles. The van der Waals surface area contributed by atoms with E-state index in [1.54, 1.807) is 0 Å². The van der Waals surface area contributed by atoms with Crippen LogP contribution in [0.3, 0.4) is 0 Å². The van der Waals surface area contributed by atoms with Crippen molar-refractivity contribution in [3.8, 4) is 0 Å². The number of nitrogens with zero attached hydrogens (tertiary/aromatic N) is 1. The molecular weight excluding hydrogens is 382 g/mol. The van der Waals surface area contributed by atoms with Gasteiger partial charge in [0.1, 0.15) is 0 Å². The third-order valence-electron chi connectivity index (χ3n) is 4.47. The SMILES string of the molecule is CCCNC(=O)CN1CCC(NC(=O)CCc2ccccc2Br)CC1. The first kappa shape index (κ1) is 19.9. The Balaban J connectivity index is 1.65. The highest BCUT2D eigenvalue weighted by Gasteiger charge is 2.21. The fraction of sp³-hybridized carbons (Fsp3) is 0.579. The van der Waals surface area contributed by atoms with Crippen molar-refractivity contribution in [2.45, 2.75) is 45.1 Å². The van der Waals surface area contributed by atoms with E-state index >= 15 is 0 Å². The molecule has 1 heterocycles. The highest BCUT2D eigenvalue weighted by molar-refractivity contribution is 9.10. The van der Waals surface area contributed by atoms with Crippen LogP contribution in [-0.4, -0.2) is 48.9 Å². The summed E-state index contributed by atoms with van der Waals surface area (Å²) in [4.78, 5) is 26.1. The molecule has 0 bridgehead atoms. The molecule has 5 nitrogen and oxygen atoms in total. The first-order valence-corrected chi connectivity index (χ1v) is 9.89. The zero-order valence-electron chi connectivity index (χ0n) is 14.9. The van der Waals surface area contributed by atoms with Gasteiger partial charge in [-0.05, 0) is 37.3 Å². The number of halogens is 1. The Hall–Kier alpha value is -1.40. The van der Waals surface area contributed by atoms with E-state index in [0.29, 0.717) is 13.0 Å². The standard InChI is InChI=1S/C19H28BrN3O2/c1-2-11-21-19(25)14-23-12-9-16(10-13-23)22-18(24)8-7-15-5-3-4-6-17(15)20/h3-6,16H,2,7-14H2,1H3,(H,21,25)(H,22,24). The highest BCUT2D eigenvalue weighted by Crippen LogP contribution is 2.17. The van der Waals surface area contributed by atoms with Gasteiger partial charge in [-0.25, -0.2) is 0 Å². The lowest BCUT2D eigenvalue weighted by molar-refractivity contribution is -0.124. The van der Waals surface area contributed by atoms with Crippen LogP contribution in [0.2, 0.25) is 0 Å². The van der Waals surface area contributed by atoms with Crippen molar-refractivity contribution in [2.75, 3.05) is 26.2 Å². The molecule has 25 heavy (non-hydrogen) atoms. The Labute approximate surface area is 158 Å². The molecule has 0 saturated carbocycles. The van der Waals surface area contributed by atoms with Crippen molar-refractivity contribution in [1.29, 1.82) is 0 Å². The maximum atomic E-state index is 12.2. The summed E-state index contributed by atoms with van der Waals surface area (Å²) in [6.07, 6.45) is 4.01. The Kier molecular flexibility index (Phi) is 8.41. The van der Waals surface area contributed by atoms with Gasteiger partial charge in [-0.3, -0.25) is 14.5 Å². The van der Waals surface area contributed by atoms with Gasteiger partial charge in [0.2, 0.25) is 11.8 Å². The van der Waals surface area contributed by atoms with Gasteiger partial charge >= 0.3 is 0 Å². The van der Waals surface area contributed by atoms with Crippen molar-refractivity contribution < 1.29 is 9.59 Å². The van der Waals surface area contributed by atoms with Gasteiger partial charge in [-0.1, -0.05) is 41.1 Å². The van der Waals surface area contributed by atoms with Crippen LogP contribution in [0.5, 0.6) is 0 Å². The van der Waals surface area contributed by atoms with Gasteiger partial charge in [0.15, 0.2) is 0 Å². The molecule has 0 spiro atoms. The van der Waals surface area contributed by atoms with Gasteiger partial charge in [0.05, 0.1) is 6.54 Å². The summed E-state index contributed by atoms with van der Waals surface area (Å²) in [6, 6.07) is 8.23. The number of piperidine rings is 1. The summed E-state index contributed by atoms with van der Waals surface area (Å²) in [5.74, 6) is 0.202. The van der Waals surface area contributed by atoms with Crippen molar-refractivity contribution in [2.24, 2.45) is 0 Å². The quantitative estimate of drug-likeness (QED) is 0.693. The summed E-state index contributed by atoms with van der Waals surface area (Å²) < 4.78 is 1.05. The number of rotatable bonds is 8. The van der Waals surface area contributed by atoms with Gasteiger partial charge < -0.3 is 10.6 Å². The van der Waals surface area contributed by atoms with E-state index in [1.165, 1.54) is 0 Å². The van der Waals surface area contributed by atoms with Crippen LogP contribution >= 0.6 is 15.9 Å². The molecule has 0 aliphatic carbocycles. The first-order valence-electron chi connectivity index (χ1n) is 9.10. The number of likely N-dealkylation sites (tertiary alicyclic amines) is 1. The summed E-state index contributed by atoms with van der Waals surface area (Å²) in [5.41, 5.74) is 1.16. The maximum absolute atomic E-state index is 12.2. The van der Waals surface area contributed by atoms with Crippen molar-refractivity contribution in [3.63, 3.8) is 0 Å². The highest BCUT2D eigenvalue weighted by atomic mass is 79.9. The van der Waals surface area contributed by atoms with Gasteiger partial charge in [-0.2, -0.15) is 0 Å². The molecule has 2 N–H and O–H groups in total. The van der Waals surface area contributed by atoms with E-state index in [-0.39, 0.29) is 17.9 Å². The Morgan fingerprint density at radius 2 is 1.92 bits per heavy atom. The van der Waals surface area contributed by atoms with E-state index in [0.717, 1.165) is 55.4 Å². The number of amides is 2. The van der Waals surface area contributed by atoms with Crippen molar-refractivity contribution in [3.05, 3.63) is 34.3 Å². The molecule has 1 fully saturated rings. The molecule has 138 valence electrons. The van der Waals surface area contributed by atoms with E-state index < -0.39 is 0 Å². The summed E-state index contributed by atoms with van der Waals surface area (Å²) in [7, 11) is 0. The maximum Gasteiger partial charge on any atom is 0.234 e. The van der Waals surface area contributed by atoms with Crippen molar-refractivity contribution >= 4 is 27.7 Å². The molecule has 2 rings (SSSR count). The zero-order valence-corrected chi connectivity index (χ0v) is 16.5. The average molecular weight is 410 g/mol. The van der Waals surface area contributed by atoms with Crippen LogP contribution in [0.1, 0.15) is 38.2 Å². The van der Waals surface area contributed by atoms with Crippen molar-refractivity contribution in [1.82, 2.24) is 15.5 Å². The molecule has 2 amide bonds. The molecule has 1 aliphatic heterocycles. The third kappa shape index (κ3) is 7.16. The normalized spacial score (nSPS) is 15.8. The Morgan fingerprint density at radius 3 is 2.60 bits per heavy atom. The second-order valence-electron chi connectivity index (χ2n) is 6.56. The number of aryl methyl sites for hydroxylation is 1. The minimum Gasteiger partial charge on any atom is -0.355 e. The minimum atomic E-state index is 0.0952. The lowest BCUT2D eigenvalue weighted by Gasteiger charge is -2.31. The predicted octanol–water partition coefficient (Wildman–Crippen LogP) is 2.49. The molecule has 0 aromatic heterocycles. The van der Waals surface area contributed by atoms with Crippen LogP contribution in [0.25, 0.3) is 0 Å². The van der Waals surface area contributed by atoms with Crippen LogP contribution in [0.4, 0.5) is 0 Å². The number of nitrogens with one attached hydrogen (secondary N) is 2. The lowest BCUT2D eigenvalue weighted by atomic mass is 10.0. The van der Waals surface area contributed by atoms with Gasteiger partial charge in [0, 0.05) is 36.6 Å². The molecule has 0 radical (unpaired) electrons. The second kappa shape index (κ2) is 10.6. The molecule has 0 atom stereocenters. The summed E-state index contributed by atoms with van der Waals surface area (Å²) >= 11 is 3.52. The lowest BCUT2D eigenvalue weighted by Crippen LogP contribution is -2.47. The third-order valence-corrected chi connectivity index (χ3v) is 5.24.